The molecule has 0 bridgehead atoms. The zero-order valence-electron chi connectivity index (χ0n) is 9.21. The maximum absolute atomic E-state index is 10.1. The van der Waals surface area contributed by atoms with Crippen molar-refractivity contribution in [1.29, 1.82) is 0 Å². The largest absolute Gasteiger partial charge is 0.466 e. The summed E-state index contributed by atoms with van der Waals surface area (Å²) in [4.78, 5) is 10.1. The quantitative estimate of drug-likeness (QED) is 0.687. The molecule has 0 aliphatic heterocycles. The van der Waals surface area contributed by atoms with Crippen molar-refractivity contribution in [2.45, 2.75) is 57.5 Å². The molecule has 82 valence electrons. The third-order valence-electron chi connectivity index (χ3n) is 2.71. The van der Waals surface area contributed by atoms with Crippen molar-refractivity contribution in [3.8, 4) is 0 Å². The number of ether oxygens (including phenoxy) is 1. The van der Waals surface area contributed by atoms with Crippen LogP contribution >= 0.6 is 0 Å². The van der Waals surface area contributed by atoms with E-state index in [1.807, 2.05) is 0 Å². The van der Waals surface area contributed by atoms with Crippen LogP contribution < -0.4 is 5.32 Å². The fourth-order valence-corrected chi connectivity index (χ4v) is 2.08. The predicted octanol–water partition coefficient (Wildman–Crippen LogP) is 1.86. The molecule has 0 aromatic heterocycles. The molecule has 0 atom stereocenters. The van der Waals surface area contributed by atoms with Gasteiger partial charge in [0.1, 0.15) is 6.61 Å². The minimum atomic E-state index is -0.0943. The van der Waals surface area contributed by atoms with E-state index in [-0.39, 0.29) is 5.54 Å². The topological polar surface area (TPSA) is 38.3 Å². The number of hydrogen-bond donors (Lipinski definition) is 1. The first-order valence-electron chi connectivity index (χ1n) is 5.47. The highest BCUT2D eigenvalue weighted by molar-refractivity contribution is 5.37. The van der Waals surface area contributed by atoms with Crippen LogP contribution in [0.4, 0.5) is 0 Å². The summed E-state index contributed by atoms with van der Waals surface area (Å²) in [6, 6.07) is 0.606. The third kappa shape index (κ3) is 4.09. The Balaban J connectivity index is 2.28. The van der Waals surface area contributed by atoms with Gasteiger partial charge in [0.15, 0.2) is 0 Å². The molecular formula is C11H21NO2. The standard InChI is InChI=1S/C11H21NO2/c1-11(2,8-14-9-13)12-10-6-4-3-5-7-10/h9-10,12H,3-8H2,1-2H3. The summed E-state index contributed by atoms with van der Waals surface area (Å²) in [6.45, 7) is 5.12. The molecule has 0 radical (unpaired) electrons. The van der Waals surface area contributed by atoms with Crippen LogP contribution in [0, 0.1) is 0 Å². The molecule has 0 aromatic rings. The Labute approximate surface area is 86.2 Å². The van der Waals surface area contributed by atoms with Gasteiger partial charge in [-0.15, -0.1) is 0 Å². The highest BCUT2D eigenvalue weighted by atomic mass is 16.5. The second-order valence-corrected chi connectivity index (χ2v) is 4.77. The number of hydrogen-bond acceptors (Lipinski definition) is 3. The van der Waals surface area contributed by atoms with Gasteiger partial charge in [0.25, 0.3) is 6.47 Å². The van der Waals surface area contributed by atoms with Crippen LogP contribution in [0.5, 0.6) is 0 Å². The summed E-state index contributed by atoms with van der Waals surface area (Å²) in [6.07, 6.45) is 6.52. The zero-order chi connectivity index (χ0) is 10.4. The van der Waals surface area contributed by atoms with Crippen molar-refractivity contribution in [2.24, 2.45) is 0 Å². The van der Waals surface area contributed by atoms with Gasteiger partial charge in [-0.2, -0.15) is 0 Å². The van der Waals surface area contributed by atoms with Crippen LogP contribution in [0.25, 0.3) is 0 Å². The average molecular weight is 199 g/mol. The Hall–Kier alpha value is -0.570. The van der Waals surface area contributed by atoms with Crippen molar-refractivity contribution in [3.05, 3.63) is 0 Å². The maximum atomic E-state index is 10.1. The number of rotatable bonds is 5. The Morgan fingerprint density at radius 1 is 1.36 bits per heavy atom. The molecule has 3 nitrogen and oxygen atoms in total. The lowest BCUT2D eigenvalue weighted by Crippen LogP contribution is -2.49. The molecule has 14 heavy (non-hydrogen) atoms. The van der Waals surface area contributed by atoms with E-state index in [0.29, 0.717) is 19.1 Å². The highest BCUT2D eigenvalue weighted by Gasteiger charge is 2.23. The number of carbonyl (C=O) groups is 1. The van der Waals surface area contributed by atoms with Crippen LogP contribution in [0.15, 0.2) is 0 Å². The normalized spacial score (nSPS) is 19.3. The van der Waals surface area contributed by atoms with Crippen LogP contribution in [0.3, 0.4) is 0 Å². The third-order valence-corrected chi connectivity index (χ3v) is 2.71. The second-order valence-electron chi connectivity index (χ2n) is 4.77. The van der Waals surface area contributed by atoms with Gasteiger partial charge in [0.2, 0.25) is 0 Å². The van der Waals surface area contributed by atoms with Crippen molar-refractivity contribution < 1.29 is 9.53 Å². The van der Waals surface area contributed by atoms with E-state index < -0.39 is 0 Å². The Morgan fingerprint density at radius 2 is 2.00 bits per heavy atom. The minimum Gasteiger partial charge on any atom is -0.466 e. The smallest absolute Gasteiger partial charge is 0.293 e. The molecule has 0 saturated heterocycles. The molecule has 0 spiro atoms. The summed E-state index contributed by atoms with van der Waals surface area (Å²) in [5.41, 5.74) is -0.0943. The average Bonchev–Trinajstić information content (AvgIpc) is 2.16. The molecule has 1 aliphatic carbocycles. The van der Waals surface area contributed by atoms with Crippen molar-refractivity contribution in [3.63, 3.8) is 0 Å². The van der Waals surface area contributed by atoms with Crippen molar-refractivity contribution in [1.82, 2.24) is 5.32 Å². The first-order valence-corrected chi connectivity index (χ1v) is 5.47. The van der Waals surface area contributed by atoms with Crippen LogP contribution in [0.2, 0.25) is 0 Å². The fourth-order valence-electron chi connectivity index (χ4n) is 2.08. The van der Waals surface area contributed by atoms with Crippen LogP contribution in [-0.2, 0) is 9.53 Å². The lowest BCUT2D eigenvalue weighted by Gasteiger charge is -2.33. The van der Waals surface area contributed by atoms with E-state index >= 15 is 0 Å². The van der Waals surface area contributed by atoms with E-state index in [1.54, 1.807) is 0 Å². The molecule has 3 heteroatoms. The molecule has 1 aliphatic rings. The molecule has 1 fully saturated rings. The monoisotopic (exact) mass is 199 g/mol. The summed E-state index contributed by atoms with van der Waals surface area (Å²) < 4.78 is 4.80. The number of carbonyl (C=O) groups excluding carboxylic acids is 1. The second kappa shape index (κ2) is 5.35. The SMILES string of the molecule is CC(C)(COC=O)NC1CCCCC1. The van der Waals surface area contributed by atoms with Gasteiger partial charge in [-0.1, -0.05) is 19.3 Å². The lowest BCUT2D eigenvalue weighted by atomic mass is 9.93. The molecule has 0 amide bonds. The van der Waals surface area contributed by atoms with E-state index in [0.717, 1.165) is 0 Å². The first-order chi connectivity index (χ1) is 6.64. The first kappa shape index (κ1) is 11.5. The van der Waals surface area contributed by atoms with E-state index in [1.165, 1.54) is 32.1 Å². The molecule has 1 saturated carbocycles. The van der Waals surface area contributed by atoms with Gasteiger partial charge in [0, 0.05) is 11.6 Å². The molecule has 1 rings (SSSR count). The highest BCUT2D eigenvalue weighted by Crippen LogP contribution is 2.19. The number of nitrogens with one attached hydrogen (secondary N) is 1. The van der Waals surface area contributed by atoms with Gasteiger partial charge < -0.3 is 10.1 Å². The van der Waals surface area contributed by atoms with Gasteiger partial charge in [-0.3, -0.25) is 4.79 Å². The molecule has 0 heterocycles. The summed E-state index contributed by atoms with van der Waals surface area (Å²) in [7, 11) is 0. The van der Waals surface area contributed by atoms with Gasteiger partial charge in [-0.05, 0) is 26.7 Å². The molecular weight excluding hydrogens is 178 g/mol. The molecule has 0 aromatic carbocycles. The molecule has 1 N–H and O–H groups in total. The van der Waals surface area contributed by atoms with Crippen LogP contribution in [-0.4, -0.2) is 24.7 Å². The van der Waals surface area contributed by atoms with Gasteiger partial charge >= 0.3 is 0 Å². The Morgan fingerprint density at radius 3 is 2.57 bits per heavy atom. The van der Waals surface area contributed by atoms with E-state index in [2.05, 4.69) is 19.2 Å². The van der Waals surface area contributed by atoms with E-state index in [4.69, 9.17) is 4.74 Å². The fraction of sp³-hybridized carbons (Fsp3) is 0.909. The minimum absolute atomic E-state index is 0.0943. The Kier molecular flexibility index (Phi) is 4.39. The van der Waals surface area contributed by atoms with Gasteiger partial charge in [0.05, 0.1) is 0 Å². The summed E-state index contributed by atoms with van der Waals surface area (Å²) in [5.74, 6) is 0. The maximum Gasteiger partial charge on any atom is 0.293 e. The van der Waals surface area contributed by atoms with Crippen molar-refractivity contribution in [2.75, 3.05) is 6.61 Å². The Bertz CT molecular complexity index is 174. The van der Waals surface area contributed by atoms with Crippen LogP contribution in [0.1, 0.15) is 46.0 Å². The molecule has 0 unspecified atom stereocenters. The van der Waals surface area contributed by atoms with E-state index in [9.17, 15) is 4.79 Å². The summed E-state index contributed by atoms with van der Waals surface area (Å²) in [5, 5.41) is 3.55. The van der Waals surface area contributed by atoms with Gasteiger partial charge in [-0.25, -0.2) is 0 Å². The lowest BCUT2D eigenvalue weighted by molar-refractivity contribution is -0.130. The zero-order valence-corrected chi connectivity index (χ0v) is 9.21. The van der Waals surface area contributed by atoms with Crippen molar-refractivity contribution >= 4 is 6.47 Å². The predicted molar refractivity (Wildman–Crippen MR) is 56.1 cm³/mol. The summed E-state index contributed by atoms with van der Waals surface area (Å²) >= 11 is 0.